The van der Waals surface area contributed by atoms with Gasteiger partial charge in [-0.2, -0.15) is 0 Å². The molecule has 0 fully saturated rings. The fourth-order valence-corrected chi connectivity index (χ4v) is 2.48. The average Bonchev–Trinajstić information content (AvgIpc) is 2.58. The summed E-state index contributed by atoms with van der Waals surface area (Å²) in [6.07, 6.45) is 0.701. The van der Waals surface area contributed by atoms with Crippen molar-refractivity contribution in [2.45, 2.75) is 0 Å². The fourth-order valence-electron chi connectivity index (χ4n) is 2.48. The topological polar surface area (TPSA) is 63.2 Å². The first-order chi connectivity index (χ1) is 10.7. The van der Waals surface area contributed by atoms with Crippen LogP contribution < -0.4 is 23.7 Å². The summed E-state index contributed by atoms with van der Waals surface area (Å²) in [5.41, 5.74) is 0.348. The zero-order chi connectivity index (χ0) is 16.3. The van der Waals surface area contributed by atoms with E-state index >= 15 is 0 Å². The highest BCUT2D eigenvalue weighted by Crippen LogP contribution is 2.50. The molecule has 0 unspecified atom stereocenters. The number of fused-ring (bicyclic) bond motifs is 1. The Morgan fingerprint density at radius 1 is 0.682 bits per heavy atom. The van der Waals surface area contributed by atoms with Gasteiger partial charge in [0.2, 0.25) is 0 Å². The van der Waals surface area contributed by atoms with Gasteiger partial charge in [0.1, 0.15) is 17.2 Å². The Hall–Kier alpha value is -2.63. The van der Waals surface area contributed by atoms with E-state index in [0.29, 0.717) is 51.4 Å². The average molecular weight is 306 g/mol. The number of hydrogen-bond donors (Lipinski definition) is 0. The molecular formula is C16H18O6. The summed E-state index contributed by atoms with van der Waals surface area (Å²) in [6, 6.07) is 3.30. The number of aldehydes is 1. The highest BCUT2D eigenvalue weighted by molar-refractivity contribution is 6.07. The number of carbonyl (C=O) groups excluding carboxylic acids is 1. The van der Waals surface area contributed by atoms with E-state index in [4.69, 9.17) is 23.7 Å². The Morgan fingerprint density at radius 2 is 1.23 bits per heavy atom. The molecule has 0 saturated carbocycles. The molecule has 0 saturated heterocycles. The van der Waals surface area contributed by atoms with Crippen LogP contribution in [0.25, 0.3) is 10.8 Å². The molecule has 0 aliphatic carbocycles. The number of carbonyl (C=O) groups is 1. The van der Waals surface area contributed by atoms with Crippen LogP contribution in [0.4, 0.5) is 0 Å². The highest BCUT2D eigenvalue weighted by atomic mass is 16.5. The van der Waals surface area contributed by atoms with Crippen LogP contribution in [-0.4, -0.2) is 41.8 Å². The van der Waals surface area contributed by atoms with E-state index in [1.165, 1.54) is 28.4 Å². The minimum atomic E-state index is 0.348. The summed E-state index contributed by atoms with van der Waals surface area (Å²) in [6.45, 7) is 0. The van der Waals surface area contributed by atoms with Crippen molar-refractivity contribution < 1.29 is 28.5 Å². The lowest BCUT2D eigenvalue weighted by Gasteiger charge is -2.19. The van der Waals surface area contributed by atoms with Gasteiger partial charge in [-0.25, -0.2) is 0 Å². The standard InChI is InChI=1S/C16H18O6/c1-18-10-6-9(8-17)15(21-4)14-13(10)11(19-2)7-12(20-3)16(14)22-5/h6-8H,1-5H3. The predicted octanol–water partition coefficient (Wildman–Crippen LogP) is 2.70. The molecule has 6 heteroatoms. The number of hydrogen-bond acceptors (Lipinski definition) is 6. The zero-order valence-corrected chi connectivity index (χ0v) is 13.2. The third kappa shape index (κ3) is 2.26. The molecule has 0 bridgehead atoms. The Morgan fingerprint density at radius 3 is 1.68 bits per heavy atom. The minimum absolute atomic E-state index is 0.348. The zero-order valence-electron chi connectivity index (χ0n) is 13.2. The first-order valence-corrected chi connectivity index (χ1v) is 6.49. The van der Waals surface area contributed by atoms with Crippen LogP contribution in [0.5, 0.6) is 28.7 Å². The molecule has 0 aliphatic heterocycles. The maximum atomic E-state index is 11.4. The summed E-state index contributed by atoms with van der Waals surface area (Å²) in [4.78, 5) is 11.4. The second-order valence-electron chi connectivity index (χ2n) is 4.38. The molecule has 0 atom stereocenters. The largest absolute Gasteiger partial charge is 0.496 e. The maximum Gasteiger partial charge on any atom is 0.172 e. The van der Waals surface area contributed by atoms with Crippen LogP contribution in [0.2, 0.25) is 0 Å². The van der Waals surface area contributed by atoms with Crippen molar-refractivity contribution in [2.75, 3.05) is 35.5 Å². The molecule has 0 radical (unpaired) electrons. The first-order valence-electron chi connectivity index (χ1n) is 6.49. The van der Waals surface area contributed by atoms with Crippen molar-refractivity contribution in [1.29, 1.82) is 0 Å². The lowest BCUT2D eigenvalue weighted by Crippen LogP contribution is -2.00. The Labute approximate surface area is 128 Å². The van der Waals surface area contributed by atoms with E-state index in [9.17, 15) is 4.79 Å². The lowest BCUT2D eigenvalue weighted by molar-refractivity contribution is 0.112. The second kappa shape index (κ2) is 6.43. The molecule has 118 valence electrons. The predicted molar refractivity (Wildman–Crippen MR) is 82.1 cm³/mol. The number of rotatable bonds is 6. The molecule has 2 aromatic carbocycles. The number of ether oxygens (including phenoxy) is 5. The van der Waals surface area contributed by atoms with Crippen molar-refractivity contribution in [2.24, 2.45) is 0 Å². The second-order valence-corrected chi connectivity index (χ2v) is 4.38. The molecule has 2 rings (SSSR count). The smallest absolute Gasteiger partial charge is 0.172 e. The molecule has 0 spiro atoms. The quantitative estimate of drug-likeness (QED) is 0.765. The molecular weight excluding hydrogens is 288 g/mol. The maximum absolute atomic E-state index is 11.4. The lowest BCUT2D eigenvalue weighted by atomic mass is 10.0. The SMILES string of the molecule is COc1cc(OC)c2c(OC)cc(C=O)c(OC)c2c1OC. The first kappa shape index (κ1) is 15.8. The minimum Gasteiger partial charge on any atom is -0.496 e. The van der Waals surface area contributed by atoms with E-state index in [0.717, 1.165) is 0 Å². The Kier molecular flexibility index (Phi) is 4.60. The van der Waals surface area contributed by atoms with Crippen molar-refractivity contribution in [3.05, 3.63) is 17.7 Å². The van der Waals surface area contributed by atoms with Gasteiger partial charge in [-0.05, 0) is 6.07 Å². The molecule has 2 aromatic rings. The monoisotopic (exact) mass is 306 g/mol. The van der Waals surface area contributed by atoms with Crippen LogP contribution in [0.1, 0.15) is 10.4 Å². The number of benzene rings is 2. The van der Waals surface area contributed by atoms with Crippen molar-refractivity contribution in [3.8, 4) is 28.7 Å². The van der Waals surface area contributed by atoms with Crippen LogP contribution in [0.3, 0.4) is 0 Å². The Bertz CT molecular complexity index is 708. The van der Waals surface area contributed by atoms with Crippen molar-refractivity contribution in [1.82, 2.24) is 0 Å². The summed E-state index contributed by atoms with van der Waals surface area (Å²) in [5.74, 6) is 2.29. The summed E-state index contributed by atoms with van der Waals surface area (Å²) >= 11 is 0. The molecule has 0 heterocycles. The van der Waals surface area contributed by atoms with Gasteiger partial charge in [-0.15, -0.1) is 0 Å². The van der Waals surface area contributed by atoms with E-state index in [1.54, 1.807) is 19.2 Å². The van der Waals surface area contributed by atoms with Gasteiger partial charge in [0, 0.05) is 6.07 Å². The van der Waals surface area contributed by atoms with E-state index in [1.807, 2.05) is 0 Å². The Balaban J connectivity index is 3.11. The van der Waals surface area contributed by atoms with Gasteiger partial charge >= 0.3 is 0 Å². The molecule has 0 amide bonds. The highest BCUT2D eigenvalue weighted by Gasteiger charge is 2.24. The van der Waals surface area contributed by atoms with Crippen LogP contribution in [0, 0.1) is 0 Å². The molecule has 0 N–H and O–H groups in total. The van der Waals surface area contributed by atoms with Gasteiger partial charge < -0.3 is 23.7 Å². The molecule has 22 heavy (non-hydrogen) atoms. The van der Waals surface area contributed by atoms with Crippen molar-refractivity contribution in [3.63, 3.8) is 0 Å². The molecule has 6 nitrogen and oxygen atoms in total. The van der Waals surface area contributed by atoms with E-state index < -0.39 is 0 Å². The van der Waals surface area contributed by atoms with Crippen LogP contribution in [0.15, 0.2) is 12.1 Å². The van der Waals surface area contributed by atoms with Gasteiger partial charge in [0.25, 0.3) is 0 Å². The van der Waals surface area contributed by atoms with Crippen molar-refractivity contribution >= 4 is 17.1 Å². The van der Waals surface area contributed by atoms with Gasteiger partial charge in [0.05, 0.1) is 51.9 Å². The van der Waals surface area contributed by atoms with E-state index in [2.05, 4.69) is 0 Å². The fraction of sp³-hybridized carbons (Fsp3) is 0.312. The third-order valence-electron chi connectivity index (χ3n) is 3.43. The van der Waals surface area contributed by atoms with Crippen LogP contribution in [-0.2, 0) is 0 Å². The molecule has 0 aromatic heterocycles. The number of methoxy groups -OCH3 is 5. The normalized spacial score (nSPS) is 10.2. The third-order valence-corrected chi connectivity index (χ3v) is 3.43. The van der Waals surface area contributed by atoms with E-state index in [-0.39, 0.29) is 0 Å². The van der Waals surface area contributed by atoms with Crippen LogP contribution >= 0.6 is 0 Å². The van der Waals surface area contributed by atoms with Gasteiger partial charge in [0.15, 0.2) is 17.8 Å². The van der Waals surface area contributed by atoms with Gasteiger partial charge in [-0.3, -0.25) is 4.79 Å². The summed E-state index contributed by atoms with van der Waals surface area (Å²) in [7, 11) is 7.59. The molecule has 0 aliphatic rings. The van der Waals surface area contributed by atoms with Gasteiger partial charge in [-0.1, -0.05) is 0 Å². The summed E-state index contributed by atoms with van der Waals surface area (Å²) < 4.78 is 27.0. The summed E-state index contributed by atoms with van der Waals surface area (Å²) in [5, 5.41) is 1.20.